The number of ketones is 1. The monoisotopic (exact) mass is 166 g/mol. The molecule has 66 valence electrons. The van der Waals surface area contributed by atoms with Crippen LogP contribution in [-0.4, -0.2) is 16.5 Å². The molecule has 1 aliphatic carbocycles. The molecule has 1 N–H and O–H groups in total. The van der Waals surface area contributed by atoms with Crippen LogP contribution in [0.1, 0.15) is 20.3 Å². The zero-order valence-corrected chi connectivity index (χ0v) is 7.45. The van der Waals surface area contributed by atoms with E-state index >= 15 is 0 Å². The van der Waals surface area contributed by atoms with Crippen molar-refractivity contribution in [2.24, 2.45) is 5.92 Å². The predicted molar refractivity (Wildman–Crippen MR) is 47.7 cm³/mol. The molecule has 0 radical (unpaired) electrons. The van der Waals surface area contributed by atoms with E-state index < -0.39 is 5.60 Å². The summed E-state index contributed by atoms with van der Waals surface area (Å²) in [6.45, 7) is 3.06. The lowest BCUT2D eigenvalue weighted by Crippen LogP contribution is -2.36. The molecule has 0 spiro atoms. The third-order valence-electron chi connectivity index (χ3n) is 1.92. The number of carbonyl (C=O) groups is 1. The Labute approximate surface area is 72.6 Å². The van der Waals surface area contributed by atoms with Crippen molar-refractivity contribution in [2.45, 2.75) is 25.9 Å². The molecule has 0 aliphatic heterocycles. The summed E-state index contributed by atoms with van der Waals surface area (Å²) >= 11 is 0. The quantitative estimate of drug-likeness (QED) is 0.674. The minimum Gasteiger partial charge on any atom is -0.383 e. The van der Waals surface area contributed by atoms with Gasteiger partial charge >= 0.3 is 0 Å². The van der Waals surface area contributed by atoms with Crippen molar-refractivity contribution in [1.82, 2.24) is 0 Å². The van der Waals surface area contributed by atoms with E-state index in [1.54, 1.807) is 0 Å². The minimum atomic E-state index is -1.21. The number of hydrogen-bond acceptors (Lipinski definition) is 2. The van der Waals surface area contributed by atoms with Crippen molar-refractivity contribution in [1.29, 1.82) is 0 Å². The second kappa shape index (κ2) is 3.23. The van der Waals surface area contributed by atoms with E-state index in [4.69, 9.17) is 0 Å². The van der Waals surface area contributed by atoms with Crippen LogP contribution in [0, 0.1) is 5.92 Å². The zero-order chi connectivity index (χ0) is 9.19. The standard InChI is InChI=1S/C10H14O2/c1-10(2,12)9(11)8-6-4-3-5-7-8/h3-6,8,12H,7H2,1-2H3. The normalized spacial score (nSPS) is 22.8. The maximum absolute atomic E-state index is 11.5. The fraction of sp³-hybridized carbons (Fsp3) is 0.500. The van der Waals surface area contributed by atoms with Crippen molar-refractivity contribution in [3.05, 3.63) is 24.3 Å². The molecule has 0 aromatic rings. The lowest BCUT2D eigenvalue weighted by atomic mass is 9.87. The Morgan fingerprint density at radius 1 is 1.50 bits per heavy atom. The van der Waals surface area contributed by atoms with E-state index in [0.29, 0.717) is 6.42 Å². The highest BCUT2D eigenvalue weighted by Crippen LogP contribution is 2.19. The van der Waals surface area contributed by atoms with Crippen molar-refractivity contribution < 1.29 is 9.90 Å². The first-order valence-corrected chi connectivity index (χ1v) is 4.12. The van der Waals surface area contributed by atoms with Gasteiger partial charge in [0.1, 0.15) is 5.60 Å². The van der Waals surface area contributed by atoms with Crippen LogP contribution in [-0.2, 0) is 4.79 Å². The molecule has 2 heteroatoms. The van der Waals surface area contributed by atoms with Gasteiger partial charge < -0.3 is 5.11 Å². The second-order valence-electron chi connectivity index (χ2n) is 3.58. The molecule has 0 heterocycles. The van der Waals surface area contributed by atoms with Gasteiger partial charge in [-0.1, -0.05) is 24.3 Å². The third kappa shape index (κ3) is 2.05. The highest BCUT2D eigenvalue weighted by atomic mass is 16.3. The van der Waals surface area contributed by atoms with Gasteiger partial charge in [-0.05, 0) is 20.3 Å². The van der Waals surface area contributed by atoms with E-state index in [2.05, 4.69) is 0 Å². The molecule has 1 atom stereocenters. The predicted octanol–water partition coefficient (Wildman–Crippen LogP) is 1.46. The van der Waals surface area contributed by atoms with Crippen LogP contribution in [0.2, 0.25) is 0 Å². The summed E-state index contributed by atoms with van der Waals surface area (Å²) in [5, 5.41) is 9.43. The lowest BCUT2D eigenvalue weighted by molar-refractivity contribution is -0.136. The molecule has 1 aliphatic rings. The molecule has 0 aromatic heterocycles. The van der Waals surface area contributed by atoms with Gasteiger partial charge in [0.2, 0.25) is 0 Å². The fourth-order valence-electron chi connectivity index (χ4n) is 1.23. The Morgan fingerprint density at radius 2 is 2.17 bits per heavy atom. The summed E-state index contributed by atoms with van der Waals surface area (Å²) in [4.78, 5) is 11.5. The summed E-state index contributed by atoms with van der Waals surface area (Å²) < 4.78 is 0. The largest absolute Gasteiger partial charge is 0.383 e. The SMILES string of the molecule is CC(C)(O)C(=O)C1C=CC=CC1. The number of rotatable bonds is 2. The van der Waals surface area contributed by atoms with E-state index in [1.807, 2.05) is 24.3 Å². The molecule has 0 fully saturated rings. The van der Waals surface area contributed by atoms with Gasteiger partial charge in [0.05, 0.1) is 0 Å². The number of Topliss-reactive ketones (excluding diaryl/α,β-unsaturated/α-hetero) is 1. The lowest BCUT2D eigenvalue weighted by Gasteiger charge is -2.21. The molecule has 1 unspecified atom stereocenters. The highest BCUT2D eigenvalue weighted by Gasteiger charge is 2.29. The zero-order valence-electron chi connectivity index (χ0n) is 7.45. The maximum Gasteiger partial charge on any atom is 0.170 e. The molecule has 0 aromatic carbocycles. The highest BCUT2D eigenvalue weighted by molar-refractivity contribution is 5.90. The summed E-state index contributed by atoms with van der Waals surface area (Å²) in [5.41, 5.74) is -1.21. The van der Waals surface area contributed by atoms with E-state index in [9.17, 15) is 9.90 Å². The van der Waals surface area contributed by atoms with Gasteiger partial charge in [-0.25, -0.2) is 0 Å². The molecule has 0 saturated heterocycles. The van der Waals surface area contributed by atoms with Gasteiger partial charge in [-0.3, -0.25) is 4.79 Å². The van der Waals surface area contributed by atoms with Crippen molar-refractivity contribution >= 4 is 5.78 Å². The number of allylic oxidation sites excluding steroid dienone is 4. The van der Waals surface area contributed by atoms with Crippen molar-refractivity contribution in [3.8, 4) is 0 Å². The average molecular weight is 166 g/mol. The molecule has 0 amide bonds. The molecule has 1 rings (SSSR count). The summed E-state index contributed by atoms with van der Waals surface area (Å²) in [7, 11) is 0. The number of aliphatic hydroxyl groups is 1. The Kier molecular flexibility index (Phi) is 2.48. The Hall–Kier alpha value is -0.890. The van der Waals surface area contributed by atoms with Crippen LogP contribution >= 0.6 is 0 Å². The maximum atomic E-state index is 11.5. The second-order valence-corrected chi connectivity index (χ2v) is 3.58. The van der Waals surface area contributed by atoms with Crippen LogP contribution in [0.25, 0.3) is 0 Å². The van der Waals surface area contributed by atoms with Crippen LogP contribution < -0.4 is 0 Å². The molecule has 2 nitrogen and oxygen atoms in total. The summed E-state index contributed by atoms with van der Waals surface area (Å²) in [5.74, 6) is -0.252. The fourth-order valence-corrected chi connectivity index (χ4v) is 1.23. The topological polar surface area (TPSA) is 37.3 Å². The van der Waals surface area contributed by atoms with E-state index in [0.717, 1.165) is 0 Å². The third-order valence-corrected chi connectivity index (χ3v) is 1.92. The molecular formula is C10H14O2. The van der Waals surface area contributed by atoms with Gasteiger partial charge in [0.25, 0.3) is 0 Å². The Bertz CT molecular complexity index is 231. The first-order chi connectivity index (χ1) is 5.52. The Balaban J connectivity index is 2.66. The van der Waals surface area contributed by atoms with Gasteiger partial charge in [-0.15, -0.1) is 0 Å². The molecular weight excluding hydrogens is 152 g/mol. The van der Waals surface area contributed by atoms with Gasteiger partial charge in [-0.2, -0.15) is 0 Å². The van der Waals surface area contributed by atoms with E-state index in [-0.39, 0.29) is 11.7 Å². The number of hydrogen-bond donors (Lipinski definition) is 1. The minimum absolute atomic E-state index is 0.108. The van der Waals surface area contributed by atoms with Gasteiger partial charge in [0.15, 0.2) is 5.78 Å². The smallest absolute Gasteiger partial charge is 0.170 e. The molecule has 0 bridgehead atoms. The number of carbonyl (C=O) groups excluding carboxylic acids is 1. The van der Waals surface area contributed by atoms with E-state index in [1.165, 1.54) is 13.8 Å². The first kappa shape index (κ1) is 9.20. The van der Waals surface area contributed by atoms with Crippen LogP contribution in [0.15, 0.2) is 24.3 Å². The van der Waals surface area contributed by atoms with Crippen LogP contribution in [0.5, 0.6) is 0 Å². The van der Waals surface area contributed by atoms with Crippen molar-refractivity contribution in [2.75, 3.05) is 0 Å². The van der Waals surface area contributed by atoms with Crippen molar-refractivity contribution in [3.63, 3.8) is 0 Å². The molecule has 0 saturated carbocycles. The summed E-state index contributed by atoms with van der Waals surface area (Å²) in [6.07, 6.45) is 8.24. The average Bonchev–Trinajstić information content (AvgIpc) is 2.03. The first-order valence-electron chi connectivity index (χ1n) is 4.12. The summed E-state index contributed by atoms with van der Waals surface area (Å²) in [6, 6.07) is 0. The van der Waals surface area contributed by atoms with Gasteiger partial charge in [0, 0.05) is 5.92 Å². The van der Waals surface area contributed by atoms with Crippen LogP contribution in [0.4, 0.5) is 0 Å². The molecule has 12 heavy (non-hydrogen) atoms. The Morgan fingerprint density at radius 3 is 2.58 bits per heavy atom. The van der Waals surface area contributed by atoms with Crippen LogP contribution in [0.3, 0.4) is 0 Å².